The molecule has 1 fully saturated rings. The van der Waals surface area contributed by atoms with Crippen molar-refractivity contribution in [3.8, 4) is 11.1 Å². The van der Waals surface area contributed by atoms with Crippen LogP contribution in [0.3, 0.4) is 0 Å². The van der Waals surface area contributed by atoms with Crippen molar-refractivity contribution in [2.45, 2.75) is 51.9 Å². The molecule has 0 radical (unpaired) electrons. The van der Waals surface area contributed by atoms with Gasteiger partial charge in [-0.05, 0) is 43.4 Å². The number of carbonyl (C=O) groups excluding carboxylic acids is 1. The standard InChI is InChI=1S/C22H26N4O/c1-16-7-6-10-18(13-16)19-11-12-20-23-22(25-26(20)15-19)24-21(27)14-17-8-4-2-3-5-9-17/h6-7,10-13,15,17H,2-5,8-9,14H2,1H3,(H,24,25,27). The van der Waals surface area contributed by atoms with Crippen LogP contribution < -0.4 is 5.32 Å². The predicted octanol–water partition coefficient (Wildman–Crippen LogP) is 5.00. The van der Waals surface area contributed by atoms with E-state index in [0.29, 0.717) is 18.3 Å². The Morgan fingerprint density at radius 2 is 1.93 bits per heavy atom. The first kappa shape index (κ1) is 17.7. The van der Waals surface area contributed by atoms with E-state index >= 15 is 0 Å². The zero-order valence-corrected chi connectivity index (χ0v) is 15.8. The molecule has 1 aliphatic carbocycles. The number of aryl methyl sites for hydroxylation is 1. The highest BCUT2D eigenvalue weighted by Gasteiger charge is 2.17. The molecule has 1 N–H and O–H groups in total. The largest absolute Gasteiger partial charge is 0.293 e. The number of rotatable bonds is 4. The first-order valence-corrected chi connectivity index (χ1v) is 9.91. The Balaban J connectivity index is 1.47. The van der Waals surface area contributed by atoms with E-state index in [-0.39, 0.29) is 5.91 Å². The minimum Gasteiger partial charge on any atom is -0.293 e. The van der Waals surface area contributed by atoms with Gasteiger partial charge in [-0.2, -0.15) is 4.98 Å². The van der Waals surface area contributed by atoms with Crippen molar-refractivity contribution in [3.63, 3.8) is 0 Å². The van der Waals surface area contributed by atoms with Crippen LogP contribution in [0.4, 0.5) is 5.95 Å². The van der Waals surface area contributed by atoms with Gasteiger partial charge in [0.2, 0.25) is 11.9 Å². The average Bonchev–Trinajstić information content (AvgIpc) is 2.86. The van der Waals surface area contributed by atoms with Crippen LogP contribution >= 0.6 is 0 Å². The smallest absolute Gasteiger partial charge is 0.249 e. The lowest BCUT2D eigenvalue weighted by Gasteiger charge is -2.12. The zero-order chi connectivity index (χ0) is 18.6. The molecule has 5 heteroatoms. The molecule has 0 aliphatic heterocycles. The van der Waals surface area contributed by atoms with E-state index in [1.165, 1.54) is 31.2 Å². The van der Waals surface area contributed by atoms with Crippen LogP contribution in [0.15, 0.2) is 42.6 Å². The number of amides is 1. The fourth-order valence-corrected chi connectivity index (χ4v) is 3.94. The molecule has 3 aromatic rings. The molecule has 27 heavy (non-hydrogen) atoms. The van der Waals surface area contributed by atoms with Gasteiger partial charge >= 0.3 is 0 Å². The van der Waals surface area contributed by atoms with Gasteiger partial charge in [0.25, 0.3) is 0 Å². The molecule has 1 amide bonds. The van der Waals surface area contributed by atoms with Crippen LogP contribution in [0.1, 0.15) is 50.5 Å². The summed E-state index contributed by atoms with van der Waals surface area (Å²) in [5.41, 5.74) is 4.17. The Hall–Kier alpha value is -2.69. The van der Waals surface area contributed by atoms with E-state index in [1.807, 2.05) is 18.3 Å². The Labute approximate surface area is 159 Å². The van der Waals surface area contributed by atoms with Gasteiger partial charge in [-0.1, -0.05) is 55.5 Å². The second kappa shape index (κ2) is 7.91. The molecule has 1 aromatic carbocycles. The van der Waals surface area contributed by atoms with Crippen LogP contribution in [0.5, 0.6) is 0 Å². The summed E-state index contributed by atoms with van der Waals surface area (Å²) in [7, 11) is 0. The summed E-state index contributed by atoms with van der Waals surface area (Å²) in [6.45, 7) is 2.08. The SMILES string of the molecule is Cc1cccc(-c2ccc3nc(NC(=O)CC4CCCCCC4)nn3c2)c1. The number of hydrogen-bond donors (Lipinski definition) is 1. The zero-order valence-electron chi connectivity index (χ0n) is 15.8. The van der Waals surface area contributed by atoms with E-state index in [4.69, 9.17) is 0 Å². The van der Waals surface area contributed by atoms with Gasteiger partial charge in [0.1, 0.15) is 0 Å². The fourth-order valence-electron chi connectivity index (χ4n) is 3.94. The van der Waals surface area contributed by atoms with Crippen molar-refractivity contribution in [1.82, 2.24) is 14.6 Å². The number of pyridine rings is 1. The van der Waals surface area contributed by atoms with Gasteiger partial charge < -0.3 is 0 Å². The van der Waals surface area contributed by atoms with Crippen molar-refractivity contribution in [3.05, 3.63) is 48.2 Å². The number of nitrogens with zero attached hydrogens (tertiary/aromatic N) is 3. The molecule has 0 atom stereocenters. The molecule has 140 valence electrons. The Morgan fingerprint density at radius 3 is 2.70 bits per heavy atom. The van der Waals surface area contributed by atoms with Gasteiger partial charge in [-0.3, -0.25) is 10.1 Å². The lowest BCUT2D eigenvalue weighted by Crippen LogP contribution is -2.17. The van der Waals surface area contributed by atoms with E-state index in [0.717, 1.165) is 29.6 Å². The molecule has 4 rings (SSSR count). The first-order chi connectivity index (χ1) is 13.2. The Morgan fingerprint density at radius 1 is 1.11 bits per heavy atom. The number of carbonyl (C=O) groups is 1. The average molecular weight is 362 g/mol. The van der Waals surface area contributed by atoms with Gasteiger partial charge in [-0.25, -0.2) is 4.52 Å². The van der Waals surface area contributed by atoms with Crippen LogP contribution in [-0.4, -0.2) is 20.5 Å². The highest BCUT2D eigenvalue weighted by molar-refractivity contribution is 5.89. The quantitative estimate of drug-likeness (QED) is 0.664. The van der Waals surface area contributed by atoms with Crippen LogP contribution in [0, 0.1) is 12.8 Å². The molecular weight excluding hydrogens is 336 g/mol. The molecule has 0 spiro atoms. The van der Waals surface area contributed by atoms with Crippen LogP contribution in [0.25, 0.3) is 16.8 Å². The first-order valence-electron chi connectivity index (χ1n) is 9.91. The van der Waals surface area contributed by atoms with E-state index < -0.39 is 0 Å². The van der Waals surface area contributed by atoms with Gasteiger partial charge in [0.05, 0.1) is 0 Å². The monoisotopic (exact) mass is 362 g/mol. The lowest BCUT2D eigenvalue weighted by atomic mass is 9.96. The Bertz CT molecular complexity index is 938. The normalized spacial score (nSPS) is 15.6. The second-order valence-electron chi connectivity index (χ2n) is 7.64. The summed E-state index contributed by atoms with van der Waals surface area (Å²) in [5.74, 6) is 0.907. The minimum absolute atomic E-state index is 0.0247. The molecule has 2 aromatic heterocycles. The maximum atomic E-state index is 12.4. The second-order valence-corrected chi connectivity index (χ2v) is 7.64. The third-order valence-electron chi connectivity index (χ3n) is 5.38. The van der Waals surface area contributed by atoms with Crippen molar-refractivity contribution in [2.24, 2.45) is 5.92 Å². The molecule has 0 saturated heterocycles. The van der Waals surface area contributed by atoms with Crippen molar-refractivity contribution >= 4 is 17.5 Å². The summed E-state index contributed by atoms with van der Waals surface area (Å²) >= 11 is 0. The summed E-state index contributed by atoms with van der Waals surface area (Å²) < 4.78 is 1.74. The van der Waals surface area contributed by atoms with E-state index in [1.54, 1.807) is 4.52 Å². The number of aromatic nitrogens is 3. The number of fused-ring (bicyclic) bond motifs is 1. The van der Waals surface area contributed by atoms with Gasteiger partial charge in [0, 0.05) is 18.2 Å². The molecule has 2 heterocycles. The maximum absolute atomic E-state index is 12.4. The number of benzene rings is 1. The number of nitrogens with one attached hydrogen (secondary N) is 1. The molecular formula is C22H26N4O. The molecule has 1 saturated carbocycles. The molecule has 1 aliphatic rings. The van der Waals surface area contributed by atoms with Crippen LogP contribution in [0.2, 0.25) is 0 Å². The maximum Gasteiger partial charge on any atom is 0.249 e. The number of hydrogen-bond acceptors (Lipinski definition) is 3. The molecule has 5 nitrogen and oxygen atoms in total. The fraction of sp³-hybridized carbons (Fsp3) is 0.409. The minimum atomic E-state index is 0.0247. The summed E-state index contributed by atoms with van der Waals surface area (Å²) in [4.78, 5) is 16.8. The Kier molecular flexibility index (Phi) is 5.19. The van der Waals surface area contributed by atoms with Gasteiger partial charge in [0.15, 0.2) is 5.65 Å². The van der Waals surface area contributed by atoms with Crippen LogP contribution in [-0.2, 0) is 4.79 Å². The highest BCUT2D eigenvalue weighted by Crippen LogP contribution is 2.26. The van der Waals surface area contributed by atoms with Crippen molar-refractivity contribution < 1.29 is 4.79 Å². The summed E-state index contributed by atoms with van der Waals surface area (Å²) in [6.07, 6.45) is 9.93. The van der Waals surface area contributed by atoms with Crippen molar-refractivity contribution in [1.29, 1.82) is 0 Å². The topological polar surface area (TPSA) is 59.3 Å². The predicted molar refractivity (Wildman–Crippen MR) is 108 cm³/mol. The van der Waals surface area contributed by atoms with E-state index in [2.05, 4.69) is 46.6 Å². The lowest BCUT2D eigenvalue weighted by molar-refractivity contribution is -0.117. The van der Waals surface area contributed by atoms with Crippen molar-refractivity contribution in [2.75, 3.05) is 5.32 Å². The highest BCUT2D eigenvalue weighted by atomic mass is 16.1. The third-order valence-corrected chi connectivity index (χ3v) is 5.38. The summed E-state index contributed by atoms with van der Waals surface area (Å²) in [6, 6.07) is 12.3. The third kappa shape index (κ3) is 4.35. The van der Waals surface area contributed by atoms with Gasteiger partial charge in [-0.15, -0.1) is 5.10 Å². The van der Waals surface area contributed by atoms with E-state index in [9.17, 15) is 4.79 Å². The summed E-state index contributed by atoms with van der Waals surface area (Å²) in [5, 5.41) is 7.33. The number of anilines is 1. The molecule has 0 bridgehead atoms. The molecule has 0 unspecified atom stereocenters.